The molecule has 0 saturated carbocycles. The van der Waals surface area contributed by atoms with Crippen molar-refractivity contribution in [2.24, 2.45) is 0 Å². The number of hydrogen-bond donors (Lipinski definition) is 0. The fourth-order valence-electron chi connectivity index (χ4n) is 3.75. The number of nitrogens with zero attached hydrogens (tertiary/aromatic N) is 4. The first kappa shape index (κ1) is 15.5. The van der Waals surface area contributed by atoms with Gasteiger partial charge in [0.05, 0.1) is 23.5 Å². The summed E-state index contributed by atoms with van der Waals surface area (Å²) < 4.78 is 15.0. The molecule has 0 radical (unpaired) electrons. The lowest BCUT2D eigenvalue weighted by molar-refractivity contribution is 0.292. The van der Waals surface area contributed by atoms with E-state index in [0.717, 1.165) is 47.4 Å². The van der Waals surface area contributed by atoms with Crippen LogP contribution in [-0.2, 0) is 0 Å². The second kappa shape index (κ2) is 6.53. The zero-order valence-electron chi connectivity index (χ0n) is 14.2. The number of aromatic nitrogens is 3. The minimum Gasteiger partial charge on any atom is -0.491 e. The molecule has 2 aromatic carbocycles. The Hall–Kier alpha value is -2.73. The van der Waals surface area contributed by atoms with Crippen LogP contribution in [-0.4, -0.2) is 32.9 Å². The molecule has 26 heavy (non-hydrogen) atoms. The Bertz CT molecular complexity index is 1060. The molecule has 130 valence electrons. The molecule has 1 aliphatic heterocycles. The zero-order chi connectivity index (χ0) is 17.3. The predicted octanol–water partition coefficient (Wildman–Crippen LogP) is 4.29. The molecular weight excluding hydrogens is 344 g/mol. The number of benzene rings is 2. The van der Waals surface area contributed by atoms with Gasteiger partial charge in [0.1, 0.15) is 17.9 Å². The third-order valence-corrected chi connectivity index (χ3v) is 5.53. The van der Waals surface area contributed by atoms with E-state index in [0.29, 0.717) is 12.6 Å². The van der Waals surface area contributed by atoms with Gasteiger partial charge in [-0.2, -0.15) is 8.75 Å². The summed E-state index contributed by atoms with van der Waals surface area (Å²) in [6.07, 6.45) is 4.09. The third kappa shape index (κ3) is 2.66. The molecule has 2 aromatic heterocycles. The number of hydrogen-bond acceptors (Lipinski definition) is 6. The fourth-order valence-corrected chi connectivity index (χ4v) is 4.26. The van der Waals surface area contributed by atoms with E-state index < -0.39 is 0 Å². The first-order valence-corrected chi connectivity index (χ1v) is 9.58. The number of rotatable bonds is 4. The molecule has 4 aromatic rings. The van der Waals surface area contributed by atoms with Gasteiger partial charge in [-0.3, -0.25) is 0 Å². The average Bonchev–Trinajstić information content (AvgIpc) is 3.35. The van der Waals surface area contributed by atoms with Crippen molar-refractivity contribution in [1.82, 2.24) is 13.7 Å². The summed E-state index contributed by atoms with van der Waals surface area (Å²) in [5.41, 5.74) is 2.75. The smallest absolute Gasteiger partial charge is 0.195 e. The summed E-state index contributed by atoms with van der Waals surface area (Å²) in [6, 6.07) is 16.9. The lowest BCUT2D eigenvalue weighted by Gasteiger charge is -2.27. The van der Waals surface area contributed by atoms with Gasteiger partial charge in [-0.1, -0.05) is 36.4 Å². The van der Waals surface area contributed by atoms with E-state index in [-0.39, 0.29) is 0 Å². The molecular formula is C20H18N4OS. The van der Waals surface area contributed by atoms with Crippen molar-refractivity contribution < 1.29 is 4.74 Å². The van der Waals surface area contributed by atoms with Gasteiger partial charge in [-0.05, 0) is 30.4 Å². The Balaban J connectivity index is 1.40. The van der Waals surface area contributed by atoms with Crippen molar-refractivity contribution in [2.45, 2.75) is 18.9 Å². The summed E-state index contributed by atoms with van der Waals surface area (Å²) >= 11 is 1.22. The van der Waals surface area contributed by atoms with Gasteiger partial charge >= 0.3 is 0 Å². The number of ether oxygens (including phenoxy) is 1. The second-order valence-corrected chi connectivity index (χ2v) is 7.07. The Kier molecular flexibility index (Phi) is 3.90. The van der Waals surface area contributed by atoms with Crippen molar-refractivity contribution in [1.29, 1.82) is 0 Å². The maximum Gasteiger partial charge on any atom is 0.195 e. The summed E-state index contributed by atoms with van der Waals surface area (Å²) in [4.78, 5) is 6.70. The van der Waals surface area contributed by atoms with Crippen LogP contribution in [0.25, 0.3) is 21.9 Å². The minimum absolute atomic E-state index is 0.335. The van der Waals surface area contributed by atoms with Gasteiger partial charge in [0, 0.05) is 18.1 Å². The van der Waals surface area contributed by atoms with Crippen molar-refractivity contribution >= 4 is 39.4 Å². The molecule has 6 heteroatoms. The SMILES string of the molecule is c1ccc2c(OCC3CCCN3c3ccnc4nsnc34)cccc2c1. The van der Waals surface area contributed by atoms with Crippen LogP contribution >= 0.6 is 11.7 Å². The highest BCUT2D eigenvalue weighted by Gasteiger charge is 2.27. The van der Waals surface area contributed by atoms with E-state index in [1.807, 2.05) is 12.3 Å². The lowest BCUT2D eigenvalue weighted by atomic mass is 10.1. The normalized spacial score (nSPS) is 17.2. The van der Waals surface area contributed by atoms with Gasteiger partial charge < -0.3 is 9.64 Å². The van der Waals surface area contributed by atoms with E-state index in [1.54, 1.807) is 0 Å². The van der Waals surface area contributed by atoms with Gasteiger partial charge in [0.2, 0.25) is 0 Å². The van der Waals surface area contributed by atoms with Crippen LogP contribution in [0.1, 0.15) is 12.8 Å². The van der Waals surface area contributed by atoms with Crippen LogP contribution < -0.4 is 9.64 Å². The minimum atomic E-state index is 0.335. The maximum atomic E-state index is 6.26. The molecule has 1 unspecified atom stereocenters. The highest BCUT2D eigenvalue weighted by Crippen LogP contribution is 2.31. The molecule has 1 fully saturated rings. The van der Waals surface area contributed by atoms with Crippen LogP contribution in [0.15, 0.2) is 54.7 Å². The molecule has 0 spiro atoms. The van der Waals surface area contributed by atoms with Crippen molar-refractivity contribution in [2.75, 3.05) is 18.1 Å². The monoisotopic (exact) mass is 362 g/mol. The molecule has 0 bridgehead atoms. The first-order valence-electron chi connectivity index (χ1n) is 8.84. The highest BCUT2D eigenvalue weighted by atomic mass is 32.1. The quantitative estimate of drug-likeness (QED) is 0.542. The Morgan fingerprint density at radius 2 is 2.00 bits per heavy atom. The number of pyridine rings is 1. The molecule has 0 aliphatic carbocycles. The van der Waals surface area contributed by atoms with E-state index in [1.165, 1.54) is 17.1 Å². The standard InChI is InChI=1S/C20H18N4OS/c1-2-8-16-14(5-1)6-3-9-18(16)25-13-15-7-4-12-24(15)17-10-11-21-20-19(17)22-26-23-20/h1-3,5-6,8-11,15H,4,7,12-13H2. The highest BCUT2D eigenvalue weighted by molar-refractivity contribution is 7.00. The molecule has 1 aliphatic rings. The summed E-state index contributed by atoms with van der Waals surface area (Å²) in [7, 11) is 0. The van der Waals surface area contributed by atoms with Gasteiger partial charge in [0.25, 0.3) is 0 Å². The summed E-state index contributed by atoms with van der Waals surface area (Å²) in [5, 5.41) is 2.37. The van der Waals surface area contributed by atoms with Crippen LogP contribution in [0, 0.1) is 0 Å². The van der Waals surface area contributed by atoms with Crippen molar-refractivity contribution in [3.8, 4) is 5.75 Å². The number of anilines is 1. The van der Waals surface area contributed by atoms with Crippen LogP contribution in [0.3, 0.4) is 0 Å². The zero-order valence-corrected chi connectivity index (χ0v) is 15.0. The van der Waals surface area contributed by atoms with E-state index in [4.69, 9.17) is 4.74 Å². The molecule has 0 N–H and O–H groups in total. The summed E-state index contributed by atoms with van der Waals surface area (Å²) in [5.74, 6) is 0.949. The molecule has 0 amide bonds. The predicted molar refractivity (Wildman–Crippen MR) is 105 cm³/mol. The Morgan fingerprint density at radius 3 is 3.00 bits per heavy atom. The fraction of sp³-hybridized carbons (Fsp3) is 0.250. The average molecular weight is 362 g/mol. The second-order valence-electron chi connectivity index (χ2n) is 6.54. The molecule has 5 rings (SSSR count). The van der Waals surface area contributed by atoms with Crippen molar-refractivity contribution in [3.05, 3.63) is 54.7 Å². The van der Waals surface area contributed by atoms with Crippen LogP contribution in [0.4, 0.5) is 5.69 Å². The molecule has 3 heterocycles. The summed E-state index contributed by atoms with van der Waals surface area (Å²) in [6.45, 7) is 1.68. The Morgan fingerprint density at radius 1 is 1.08 bits per heavy atom. The molecule has 1 atom stereocenters. The Labute approximate surface area is 155 Å². The third-order valence-electron chi connectivity index (χ3n) is 5.01. The van der Waals surface area contributed by atoms with E-state index >= 15 is 0 Å². The maximum absolute atomic E-state index is 6.26. The first-order chi connectivity index (χ1) is 12.9. The lowest BCUT2D eigenvalue weighted by Crippen LogP contribution is -2.34. The number of fused-ring (bicyclic) bond motifs is 2. The van der Waals surface area contributed by atoms with Gasteiger partial charge in [-0.25, -0.2) is 4.98 Å². The molecule has 1 saturated heterocycles. The van der Waals surface area contributed by atoms with Crippen LogP contribution in [0.5, 0.6) is 5.75 Å². The molecule has 5 nitrogen and oxygen atoms in total. The van der Waals surface area contributed by atoms with Gasteiger partial charge in [0.15, 0.2) is 5.65 Å². The van der Waals surface area contributed by atoms with E-state index in [2.05, 4.69) is 61.1 Å². The van der Waals surface area contributed by atoms with Gasteiger partial charge in [-0.15, -0.1) is 0 Å². The van der Waals surface area contributed by atoms with Crippen LogP contribution in [0.2, 0.25) is 0 Å². The van der Waals surface area contributed by atoms with Crippen molar-refractivity contribution in [3.63, 3.8) is 0 Å². The van der Waals surface area contributed by atoms with E-state index in [9.17, 15) is 0 Å². The topological polar surface area (TPSA) is 51.1 Å². The largest absolute Gasteiger partial charge is 0.491 e.